The maximum atomic E-state index is 10.7. The number of nitrogens with one attached hydrogen (secondary N) is 2. The van der Waals surface area contributed by atoms with E-state index >= 15 is 0 Å². The Labute approximate surface area is 156 Å². The fourth-order valence-electron chi connectivity index (χ4n) is 2.48. The number of allylic oxidation sites excluding steroid dienone is 1. The van der Waals surface area contributed by atoms with Crippen LogP contribution in [0.3, 0.4) is 0 Å². The lowest BCUT2D eigenvalue weighted by molar-refractivity contribution is -0.120. The first-order chi connectivity index (χ1) is 12.4. The Hall–Kier alpha value is -2.88. The first-order valence-corrected chi connectivity index (χ1v) is 8.68. The lowest BCUT2D eigenvalue weighted by Crippen LogP contribution is -2.31. The zero-order chi connectivity index (χ0) is 19.4. The van der Waals surface area contributed by atoms with Gasteiger partial charge in [0.25, 0.3) is 0 Å². The molecule has 0 heterocycles. The van der Waals surface area contributed by atoms with E-state index in [1.54, 1.807) is 6.92 Å². The molecule has 4 nitrogen and oxygen atoms in total. The molecule has 0 aromatic heterocycles. The zero-order valence-electron chi connectivity index (χ0n) is 16.0. The summed E-state index contributed by atoms with van der Waals surface area (Å²) in [6.07, 6.45) is 2.82. The highest BCUT2D eigenvalue weighted by Crippen LogP contribution is 2.04. The van der Waals surface area contributed by atoms with E-state index in [9.17, 15) is 9.59 Å². The third-order valence-corrected chi connectivity index (χ3v) is 3.39. The van der Waals surface area contributed by atoms with E-state index in [1.165, 1.54) is 12.5 Å². The van der Waals surface area contributed by atoms with Crippen LogP contribution in [0.5, 0.6) is 0 Å². The van der Waals surface area contributed by atoms with Gasteiger partial charge in [-0.2, -0.15) is 0 Å². The third kappa shape index (κ3) is 10.1. The quantitative estimate of drug-likeness (QED) is 0.856. The summed E-state index contributed by atoms with van der Waals surface area (Å²) in [6.45, 7) is 6.92. The summed E-state index contributed by atoms with van der Waals surface area (Å²) >= 11 is 0. The molecule has 4 heteroatoms. The van der Waals surface area contributed by atoms with Crippen LogP contribution < -0.4 is 10.6 Å². The molecule has 2 aromatic rings. The Balaban J connectivity index is 0.000000260. The highest BCUT2D eigenvalue weighted by atomic mass is 16.2. The average Bonchev–Trinajstić information content (AvgIpc) is 2.55. The number of amides is 2. The molecule has 0 aliphatic rings. The number of hydrogen-bond donors (Lipinski definition) is 2. The molecule has 2 N–H and O–H groups in total. The smallest absolute Gasteiger partial charge is 0.220 e. The summed E-state index contributed by atoms with van der Waals surface area (Å²) in [5, 5.41) is 5.57. The lowest BCUT2D eigenvalue weighted by Gasteiger charge is -2.11. The van der Waals surface area contributed by atoms with Gasteiger partial charge in [0, 0.05) is 25.6 Å². The highest BCUT2D eigenvalue weighted by Gasteiger charge is 2.03. The number of rotatable bonds is 5. The van der Waals surface area contributed by atoms with Crippen LogP contribution in [-0.4, -0.2) is 17.9 Å². The molecule has 2 amide bonds. The fourth-order valence-corrected chi connectivity index (χ4v) is 2.48. The summed E-state index contributed by atoms with van der Waals surface area (Å²) in [7, 11) is 0. The maximum Gasteiger partial charge on any atom is 0.220 e. The van der Waals surface area contributed by atoms with Crippen molar-refractivity contribution in [2.24, 2.45) is 0 Å². The van der Waals surface area contributed by atoms with E-state index in [-0.39, 0.29) is 17.9 Å². The van der Waals surface area contributed by atoms with Crippen molar-refractivity contribution in [3.8, 4) is 0 Å². The van der Waals surface area contributed by atoms with Gasteiger partial charge < -0.3 is 10.6 Å². The molecule has 0 fully saturated rings. The summed E-state index contributed by atoms with van der Waals surface area (Å²) in [5.74, 6) is -0.00638. The molecule has 2 aromatic carbocycles. The third-order valence-electron chi connectivity index (χ3n) is 3.39. The maximum absolute atomic E-state index is 10.7. The summed E-state index contributed by atoms with van der Waals surface area (Å²) in [5.41, 5.74) is 3.20. The van der Waals surface area contributed by atoms with Crippen LogP contribution in [0.4, 0.5) is 0 Å². The van der Waals surface area contributed by atoms with Crippen molar-refractivity contribution in [3.63, 3.8) is 0 Å². The second-order valence-corrected chi connectivity index (χ2v) is 6.21. The van der Waals surface area contributed by atoms with Gasteiger partial charge in [0.2, 0.25) is 11.8 Å². The van der Waals surface area contributed by atoms with E-state index in [1.807, 2.05) is 68.5 Å². The molecule has 138 valence electrons. The second-order valence-electron chi connectivity index (χ2n) is 6.21. The largest absolute Gasteiger partial charge is 0.354 e. The van der Waals surface area contributed by atoms with Crippen molar-refractivity contribution in [1.29, 1.82) is 0 Å². The van der Waals surface area contributed by atoms with Gasteiger partial charge in [0.05, 0.1) is 0 Å². The van der Waals surface area contributed by atoms with Gasteiger partial charge in [-0.3, -0.25) is 9.59 Å². The van der Waals surface area contributed by atoms with Gasteiger partial charge in [0.1, 0.15) is 0 Å². The van der Waals surface area contributed by atoms with Crippen molar-refractivity contribution in [1.82, 2.24) is 10.6 Å². The Morgan fingerprint density at radius 2 is 1.42 bits per heavy atom. The summed E-state index contributed by atoms with van der Waals surface area (Å²) in [4.78, 5) is 21.4. The first-order valence-electron chi connectivity index (χ1n) is 8.68. The molecule has 0 saturated heterocycles. The van der Waals surface area contributed by atoms with Crippen LogP contribution in [0.2, 0.25) is 0 Å². The summed E-state index contributed by atoms with van der Waals surface area (Å²) < 4.78 is 0. The SMILES string of the molecule is CC(=O)N/C(C)=C\c1ccccc1.CC(=O)NC(C)Cc1ccccc1. The number of hydrogen-bond acceptors (Lipinski definition) is 2. The molecular weight excluding hydrogens is 324 g/mol. The van der Waals surface area contributed by atoms with E-state index in [2.05, 4.69) is 22.8 Å². The van der Waals surface area contributed by atoms with Crippen molar-refractivity contribution in [2.75, 3.05) is 0 Å². The Morgan fingerprint density at radius 1 is 0.885 bits per heavy atom. The molecule has 0 saturated carbocycles. The molecule has 0 aliphatic heterocycles. The van der Waals surface area contributed by atoms with Gasteiger partial charge in [-0.1, -0.05) is 60.7 Å². The van der Waals surface area contributed by atoms with Crippen LogP contribution in [0.1, 0.15) is 38.8 Å². The summed E-state index contributed by atoms with van der Waals surface area (Å²) in [6, 6.07) is 20.2. The molecule has 0 radical (unpaired) electrons. The van der Waals surface area contributed by atoms with Crippen molar-refractivity contribution < 1.29 is 9.59 Å². The Morgan fingerprint density at radius 3 is 1.92 bits per heavy atom. The van der Waals surface area contributed by atoms with Crippen LogP contribution in [0, 0.1) is 0 Å². The normalized spacial score (nSPS) is 11.6. The predicted octanol–water partition coefficient (Wildman–Crippen LogP) is 3.94. The van der Waals surface area contributed by atoms with E-state index in [0.717, 1.165) is 17.7 Å². The van der Waals surface area contributed by atoms with Crippen molar-refractivity contribution in [3.05, 3.63) is 77.5 Å². The Bertz CT molecular complexity index is 709. The monoisotopic (exact) mass is 352 g/mol. The predicted molar refractivity (Wildman–Crippen MR) is 107 cm³/mol. The molecule has 26 heavy (non-hydrogen) atoms. The molecule has 0 aliphatic carbocycles. The minimum Gasteiger partial charge on any atom is -0.354 e. The van der Waals surface area contributed by atoms with E-state index < -0.39 is 0 Å². The molecule has 2 rings (SSSR count). The van der Waals surface area contributed by atoms with Gasteiger partial charge in [0.15, 0.2) is 0 Å². The van der Waals surface area contributed by atoms with Gasteiger partial charge >= 0.3 is 0 Å². The van der Waals surface area contributed by atoms with Crippen LogP contribution in [-0.2, 0) is 16.0 Å². The topological polar surface area (TPSA) is 58.2 Å². The Kier molecular flexibility index (Phi) is 9.47. The molecule has 0 bridgehead atoms. The molecule has 1 unspecified atom stereocenters. The minimum atomic E-state index is -0.0373. The lowest BCUT2D eigenvalue weighted by atomic mass is 10.1. The zero-order valence-corrected chi connectivity index (χ0v) is 16.0. The van der Waals surface area contributed by atoms with Gasteiger partial charge in [-0.05, 0) is 37.5 Å². The van der Waals surface area contributed by atoms with Crippen LogP contribution in [0.25, 0.3) is 6.08 Å². The van der Waals surface area contributed by atoms with Crippen LogP contribution >= 0.6 is 0 Å². The van der Waals surface area contributed by atoms with Crippen LogP contribution in [0.15, 0.2) is 66.4 Å². The number of carbonyl (C=O) groups excluding carboxylic acids is 2. The molecular formula is C22H28N2O2. The average molecular weight is 352 g/mol. The number of benzene rings is 2. The van der Waals surface area contributed by atoms with Crippen molar-refractivity contribution >= 4 is 17.9 Å². The standard InChI is InChI=1S/C11H15NO.C11H13NO/c2*1-9(12-10(2)13)8-11-6-4-3-5-7-11/h3-7,9H,8H2,1-2H3,(H,12,13);3-8H,1-2H3,(H,12,13)/b;9-8-. The van der Waals surface area contributed by atoms with E-state index in [4.69, 9.17) is 0 Å². The number of carbonyl (C=O) groups is 2. The minimum absolute atomic E-state index is 0.0310. The molecule has 0 spiro atoms. The fraction of sp³-hybridized carbons (Fsp3) is 0.273. The first kappa shape index (κ1) is 21.2. The van der Waals surface area contributed by atoms with E-state index in [0.29, 0.717) is 0 Å². The van der Waals surface area contributed by atoms with Gasteiger partial charge in [-0.25, -0.2) is 0 Å². The van der Waals surface area contributed by atoms with Crippen molar-refractivity contribution in [2.45, 2.75) is 40.2 Å². The van der Waals surface area contributed by atoms with Gasteiger partial charge in [-0.15, -0.1) is 0 Å². The highest BCUT2D eigenvalue weighted by molar-refractivity contribution is 5.76. The second kappa shape index (κ2) is 11.6. The molecule has 1 atom stereocenters.